The number of aryl methyl sites for hydroxylation is 1. The molecule has 0 aliphatic heterocycles. The van der Waals surface area contributed by atoms with Crippen LogP contribution in [-0.4, -0.2) is 5.11 Å². The Kier molecular flexibility index (Phi) is 5.99. The summed E-state index contributed by atoms with van der Waals surface area (Å²) in [6, 6.07) is 22.5. The van der Waals surface area contributed by atoms with Crippen LogP contribution in [0.3, 0.4) is 0 Å². The second kappa shape index (κ2) is 8.44. The Bertz CT molecular complexity index is 955. The van der Waals surface area contributed by atoms with E-state index in [4.69, 9.17) is 12.2 Å². The van der Waals surface area contributed by atoms with Gasteiger partial charge in [0.15, 0.2) is 5.11 Å². The Morgan fingerprint density at radius 1 is 0.857 bits per heavy atom. The normalized spacial score (nSPS) is 12.3. The third-order valence-electron chi connectivity index (χ3n) is 4.23. The van der Waals surface area contributed by atoms with E-state index < -0.39 is 11.7 Å². The van der Waals surface area contributed by atoms with Gasteiger partial charge < -0.3 is 10.6 Å². The van der Waals surface area contributed by atoms with Gasteiger partial charge in [0.25, 0.3) is 0 Å². The molecule has 6 heteroatoms. The van der Waals surface area contributed by atoms with Crippen LogP contribution < -0.4 is 10.6 Å². The van der Waals surface area contributed by atoms with Crippen molar-refractivity contribution < 1.29 is 13.2 Å². The van der Waals surface area contributed by atoms with Gasteiger partial charge >= 0.3 is 6.18 Å². The standard InChI is InChI=1S/C22H19F3N2S/c1-15-7-5-10-17(13-15)20(16-8-3-2-4-9-16)27-21(28)26-19-12-6-11-18(14-19)22(23,24)25/h2-14,20H,1H3,(H2,26,27,28)/t20-/m1/s1. The molecule has 0 fully saturated rings. The van der Waals surface area contributed by atoms with Crippen LogP contribution in [0.4, 0.5) is 18.9 Å². The second-order valence-electron chi connectivity index (χ2n) is 6.43. The number of alkyl halides is 3. The summed E-state index contributed by atoms with van der Waals surface area (Å²) >= 11 is 5.38. The predicted molar refractivity (Wildman–Crippen MR) is 110 cm³/mol. The zero-order valence-corrected chi connectivity index (χ0v) is 15.9. The summed E-state index contributed by atoms with van der Waals surface area (Å²) in [5, 5.41) is 6.33. The molecule has 28 heavy (non-hydrogen) atoms. The molecule has 0 saturated carbocycles. The highest BCUT2D eigenvalue weighted by Crippen LogP contribution is 2.30. The van der Waals surface area contributed by atoms with Crippen molar-refractivity contribution in [3.8, 4) is 0 Å². The molecule has 0 spiro atoms. The van der Waals surface area contributed by atoms with Gasteiger partial charge in [-0.05, 0) is 48.5 Å². The van der Waals surface area contributed by atoms with Crippen LogP contribution in [0.2, 0.25) is 0 Å². The maximum absolute atomic E-state index is 12.9. The van der Waals surface area contributed by atoms with Gasteiger partial charge in [-0.25, -0.2) is 0 Å². The number of hydrogen-bond acceptors (Lipinski definition) is 1. The van der Waals surface area contributed by atoms with Crippen LogP contribution in [0.1, 0.15) is 28.3 Å². The summed E-state index contributed by atoms with van der Waals surface area (Å²) in [4.78, 5) is 0. The molecule has 3 aromatic rings. The first-order chi connectivity index (χ1) is 13.3. The molecule has 0 radical (unpaired) electrons. The third kappa shape index (κ3) is 5.10. The predicted octanol–water partition coefficient (Wildman–Crippen LogP) is 6.09. The molecule has 3 rings (SSSR count). The number of nitrogens with one attached hydrogen (secondary N) is 2. The Morgan fingerprint density at radius 2 is 1.54 bits per heavy atom. The number of thiocarbonyl (C=S) groups is 1. The molecule has 0 aromatic heterocycles. The van der Waals surface area contributed by atoms with Crippen molar-refractivity contribution in [1.29, 1.82) is 0 Å². The van der Waals surface area contributed by atoms with Crippen molar-refractivity contribution in [1.82, 2.24) is 5.32 Å². The molecular weight excluding hydrogens is 381 g/mol. The third-order valence-corrected chi connectivity index (χ3v) is 4.45. The average Bonchev–Trinajstić information content (AvgIpc) is 2.66. The van der Waals surface area contributed by atoms with Gasteiger partial charge in [0.05, 0.1) is 11.6 Å². The van der Waals surface area contributed by atoms with Gasteiger partial charge in [-0.3, -0.25) is 0 Å². The first kappa shape index (κ1) is 19.9. The Balaban J connectivity index is 1.82. The van der Waals surface area contributed by atoms with Crippen molar-refractivity contribution >= 4 is 23.0 Å². The molecular formula is C22H19F3N2S. The number of anilines is 1. The topological polar surface area (TPSA) is 24.1 Å². The van der Waals surface area contributed by atoms with Crippen LogP contribution in [0, 0.1) is 6.92 Å². The molecule has 0 saturated heterocycles. The second-order valence-corrected chi connectivity index (χ2v) is 6.84. The molecule has 0 amide bonds. The van der Waals surface area contributed by atoms with E-state index in [0.29, 0.717) is 0 Å². The fraction of sp³-hybridized carbons (Fsp3) is 0.136. The van der Waals surface area contributed by atoms with Crippen LogP contribution in [0.15, 0.2) is 78.9 Å². The van der Waals surface area contributed by atoms with E-state index in [-0.39, 0.29) is 16.8 Å². The van der Waals surface area contributed by atoms with E-state index in [2.05, 4.69) is 16.7 Å². The highest BCUT2D eigenvalue weighted by atomic mass is 32.1. The summed E-state index contributed by atoms with van der Waals surface area (Å²) < 4.78 is 38.8. The van der Waals surface area contributed by atoms with Crippen LogP contribution in [-0.2, 0) is 6.18 Å². The zero-order valence-electron chi connectivity index (χ0n) is 15.1. The average molecular weight is 400 g/mol. The summed E-state index contributed by atoms with van der Waals surface area (Å²) in [5.74, 6) is 0. The SMILES string of the molecule is Cc1cccc([C@H](NC(=S)Nc2cccc(C(F)(F)F)c2)c2ccccc2)c1. The van der Waals surface area contributed by atoms with Crippen molar-refractivity contribution in [2.24, 2.45) is 0 Å². The Hall–Kier alpha value is -2.86. The van der Waals surface area contributed by atoms with Gasteiger partial charge in [0.2, 0.25) is 0 Å². The van der Waals surface area contributed by atoms with Gasteiger partial charge in [-0.2, -0.15) is 13.2 Å². The summed E-state index contributed by atoms with van der Waals surface area (Å²) in [6.07, 6.45) is -4.40. The molecule has 0 unspecified atom stereocenters. The number of rotatable bonds is 4. The lowest BCUT2D eigenvalue weighted by Gasteiger charge is -2.22. The fourth-order valence-corrected chi connectivity index (χ4v) is 3.16. The van der Waals surface area contributed by atoms with E-state index in [1.165, 1.54) is 6.07 Å². The smallest absolute Gasteiger partial charge is 0.352 e. The van der Waals surface area contributed by atoms with E-state index in [1.54, 1.807) is 6.07 Å². The van der Waals surface area contributed by atoms with Gasteiger partial charge in [-0.15, -0.1) is 0 Å². The minimum absolute atomic E-state index is 0.230. The molecule has 2 nitrogen and oxygen atoms in total. The molecule has 2 N–H and O–H groups in total. The Morgan fingerprint density at radius 3 is 2.21 bits per heavy atom. The maximum atomic E-state index is 12.9. The van der Waals surface area contributed by atoms with Crippen molar-refractivity contribution in [2.75, 3.05) is 5.32 Å². The first-order valence-electron chi connectivity index (χ1n) is 8.69. The highest BCUT2D eigenvalue weighted by Gasteiger charge is 2.30. The lowest BCUT2D eigenvalue weighted by atomic mass is 9.97. The fourth-order valence-electron chi connectivity index (χ4n) is 2.93. The van der Waals surface area contributed by atoms with Gasteiger partial charge in [0.1, 0.15) is 0 Å². The summed E-state index contributed by atoms with van der Waals surface area (Å²) in [6.45, 7) is 2.00. The van der Waals surface area contributed by atoms with Gasteiger partial charge in [0, 0.05) is 5.69 Å². The molecule has 0 aliphatic rings. The van der Waals surface area contributed by atoms with E-state index in [9.17, 15) is 13.2 Å². The molecule has 0 aliphatic carbocycles. The van der Waals surface area contributed by atoms with E-state index in [0.717, 1.165) is 28.8 Å². The molecule has 0 bridgehead atoms. The van der Waals surface area contributed by atoms with Gasteiger partial charge in [-0.1, -0.05) is 66.2 Å². The summed E-state index contributed by atoms with van der Waals surface area (Å²) in [5.41, 5.74) is 2.68. The lowest BCUT2D eigenvalue weighted by Crippen LogP contribution is -2.33. The lowest BCUT2D eigenvalue weighted by molar-refractivity contribution is -0.137. The monoisotopic (exact) mass is 400 g/mol. The Labute approximate surface area is 167 Å². The summed E-state index contributed by atoms with van der Waals surface area (Å²) in [7, 11) is 0. The molecule has 0 heterocycles. The molecule has 3 aromatic carbocycles. The highest BCUT2D eigenvalue weighted by molar-refractivity contribution is 7.80. The minimum Gasteiger partial charge on any atom is -0.352 e. The number of hydrogen-bond donors (Lipinski definition) is 2. The van der Waals surface area contributed by atoms with Crippen molar-refractivity contribution in [3.05, 3.63) is 101 Å². The van der Waals surface area contributed by atoms with Crippen LogP contribution >= 0.6 is 12.2 Å². The number of benzene rings is 3. The molecule has 1 atom stereocenters. The van der Waals surface area contributed by atoms with Crippen molar-refractivity contribution in [2.45, 2.75) is 19.1 Å². The van der Waals surface area contributed by atoms with E-state index in [1.807, 2.05) is 55.5 Å². The van der Waals surface area contributed by atoms with Crippen molar-refractivity contribution in [3.63, 3.8) is 0 Å². The zero-order chi connectivity index (χ0) is 20.1. The van der Waals surface area contributed by atoms with Crippen LogP contribution in [0.25, 0.3) is 0 Å². The minimum atomic E-state index is -4.40. The number of halogens is 3. The molecule has 144 valence electrons. The first-order valence-corrected chi connectivity index (χ1v) is 9.10. The van der Waals surface area contributed by atoms with E-state index >= 15 is 0 Å². The quantitative estimate of drug-likeness (QED) is 0.518. The maximum Gasteiger partial charge on any atom is 0.416 e. The largest absolute Gasteiger partial charge is 0.416 e. The van der Waals surface area contributed by atoms with Crippen LogP contribution in [0.5, 0.6) is 0 Å².